The summed E-state index contributed by atoms with van der Waals surface area (Å²) in [5, 5.41) is 3.04. The van der Waals surface area contributed by atoms with Gasteiger partial charge in [-0.1, -0.05) is 32.0 Å². The zero-order chi connectivity index (χ0) is 22.2. The predicted octanol–water partition coefficient (Wildman–Crippen LogP) is 2.48. The fourth-order valence-corrected chi connectivity index (χ4v) is 4.62. The van der Waals surface area contributed by atoms with Gasteiger partial charge in [0.05, 0.1) is 6.61 Å². The van der Waals surface area contributed by atoms with Crippen molar-refractivity contribution >= 4 is 17.7 Å². The molecule has 1 aromatic rings. The zero-order valence-corrected chi connectivity index (χ0v) is 18.7. The summed E-state index contributed by atoms with van der Waals surface area (Å²) in [6.45, 7) is 7.23. The first-order valence-corrected chi connectivity index (χ1v) is 11.4. The minimum atomic E-state index is -0.848. The van der Waals surface area contributed by atoms with Crippen molar-refractivity contribution in [3.63, 3.8) is 0 Å². The molecule has 0 aromatic heterocycles. The molecule has 2 heterocycles. The number of piperidine rings is 1. The Kier molecular flexibility index (Phi) is 6.06. The smallest absolute Gasteiger partial charge is 0.257 e. The molecule has 1 aliphatic carbocycles. The fraction of sp³-hybridized carbons (Fsp3) is 0.625. The van der Waals surface area contributed by atoms with E-state index in [0.29, 0.717) is 43.8 Å². The first-order valence-electron chi connectivity index (χ1n) is 11.4. The summed E-state index contributed by atoms with van der Waals surface area (Å²) >= 11 is 0. The average molecular weight is 428 g/mol. The number of ether oxygens (including phenoxy) is 1. The van der Waals surface area contributed by atoms with Crippen LogP contribution in [0.2, 0.25) is 0 Å². The van der Waals surface area contributed by atoms with E-state index in [0.717, 1.165) is 18.4 Å². The third-order valence-corrected chi connectivity index (χ3v) is 6.56. The molecule has 1 atom stereocenters. The predicted molar refractivity (Wildman–Crippen MR) is 116 cm³/mol. The van der Waals surface area contributed by atoms with E-state index in [4.69, 9.17) is 4.74 Å². The largest absolute Gasteiger partial charge is 0.353 e. The maximum Gasteiger partial charge on any atom is 0.257 e. The summed E-state index contributed by atoms with van der Waals surface area (Å²) in [7, 11) is 0. The number of carbonyl (C=O) groups excluding carboxylic acids is 3. The molecule has 3 amide bonds. The van der Waals surface area contributed by atoms with Crippen LogP contribution in [-0.4, -0.2) is 65.0 Å². The van der Waals surface area contributed by atoms with Crippen molar-refractivity contribution in [2.75, 3.05) is 19.7 Å². The number of likely N-dealkylation sites (tertiary alicyclic amines) is 1. The zero-order valence-electron chi connectivity index (χ0n) is 18.7. The second kappa shape index (κ2) is 8.61. The third kappa shape index (κ3) is 4.47. The standard InChI is InChI=1S/C24H33N3O4/c1-16(2)14-21(28)26-12-10-24(11-13-26)27(23(30)19-7-5-4-6-17(19)3)20(15-31-24)22(29)25-18-8-9-18/h4-7,16,18,20H,8-15H2,1-3H3,(H,25,29)/t20-/m0/s1. The van der Waals surface area contributed by atoms with Gasteiger partial charge in [-0.15, -0.1) is 0 Å². The number of aryl methyl sites for hydroxylation is 1. The molecule has 0 unspecified atom stereocenters. The van der Waals surface area contributed by atoms with Gasteiger partial charge in [0.2, 0.25) is 11.8 Å². The molecule has 1 aromatic carbocycles. The quantitative estimate of drug-likeness (QED) is 0.783. The van der Waals surface area contributed by atoms with Crippen LogP contribution in [0.3, 0.4) is 0 Å². The molecule has 0 bridgehead atoms. The Labute approximate surface area is 184 Å². The lowest BCUT2D eigenvalue weighted by molar-refractivity contribution is -0.144. The van der Waals surface area contributed by atoms with Crippen molar-refractivity contribution in [2.24, 2.45) is 5.92 Å². The van der Waals surface area contributed by atoms with Gasteiger partial charge in [-0.3, -0.25) is 19.3 Å². The Hall–Kier alpha value is -2.41. The molecule has 0 radical (unpaired) electrons. The highest BCUT2D eigenvalue weighted by Crippen LogP contribution is 2.39. The van der Waals surface area contributed by atoms with Gasteiger partial charge in [0.25, 0.3) is 5.91 Å². The van der Waals surface area contributed by atoms with Crippen molar-refractivity contribution in [1.82, 2.24) is 15.1 Å². The molecular weight excluding hydrogens is 394 g/mol. The van der Waals surface area contributed by atoms with Crippen molar-refractivity contribution in [1.29, 1.82) is 0 Å². The Balaban J connectivity index is 1.57. The summed E-state index contributed by atoms with van der Waals surface area (Å²) in [4.78, 5) is 42.8. The summed E-state index contributed by atoms with van der Waals surface area (Å²) in [5.41, 5.74) is 0.620. The number of rotatable bonds is 5. The van der Waals surface area contributed by atoms with Gasteiger partial charge in [-0.05, 0) is 37.3 Å². The van der Waals surface area contributed by atoms with Gasteiger partial charge in [0.15, 0.2) is 0 Å². The van der Waals surface area contributed by atoms with Gasteiger partial charge in [0.1, 0.15) is 11.8 Å². The number of hydrogen-bond donors (Lipinski definition) is 1. The summed E-state index contributed by atoms with van der Waals surface area (Å²) in [5.74, 6) is 0.136. The van der Waals surface area contributed by atoms with E-state index in [-0.39, 0.29) is 30.4 Å². The number of hydrogen-bond acceptors (Lipinski definition) is 4. The monoisotopic (exact) mass is 427 g/mol. The molecular formula is C24H33N3O4. The van der Waals surface area contributed by atoms with Gasteiger partial charge < -0.3 is 15.0 Å². The molecule has 4 rings (SSSR count). The Morgan fingerprint density at radius 1 is 1.16 bits per heavy atom. The van der Waals surface area contributed by atoms with Crippen LogP contribution < -0.4 is 5.32 Å². The molecule has 3 fully saturated rings. The molecule has 2 aliphatic heterocycles. The van der Waals surface area contributed by atoms with Crippen molar-refractivity contribution in [3.8, 4) is 0 Å². The first-order chi connectivity index (χ1) is 14.8. The van der Waals surface area contributed by atoms with E-state index < -0.39 is 11.8 Å². The van der Waals surface area contributed by atoms with Crippen LogP contribution in [0.25, 0.3) is 0 Å². The molecule has 3 aliphatic rings. The maximum absolute atomic E-state index is 13.7. The van der Waals surface area contributed by atoms with Crippen LogP contribution in [0.4, 0.5) is 0 Å². The van der Waals surface area contributed by atoms with Crippen LogP contribution in [0.1, 0.15) is 61.9 Å². The maximum atomic E-state index is 13.7. The highest BCUT2D eigenvalue weighted by atomic mass is 16.5. The number of benzene rings is 1. The SMILES string of the molecule is Cc1ccccc1C(=O)N1[C@H](C(=O)NC2CC2)COC12CCN(C(=O)CC(C)C)CC2. The summed E-state index contributed by atoms with van der Waals surface area (Å²) in [6.07, 6.45) is 3.53. The Morgan fingerprint density at radius 3 is 2.45 bits per heavy atom. The lowest BCUT2D eigenvalue weighted by Gasteiger charge is -2.44. The number of carbonyl (C=O) groups is 3. The number of nitrogens with one attached hydrogen (secondary N) is 1. The molecule has 168 valence electrons. The van der Waals surface area contributed by atoms with Crippen molar-refractivity contribution < 1.29 is 19.1 Å². The molecule has 31 heavy (non-hydrogen) atoms. The van der Waals surface area contributed by atoms with Gasteiger partial charge in [-0.2, -0.15) is 0 Å². The highest BCUT2D eigenvalue weighted by molar-refractivity contribution is 5.99. The number of nitrogens with zero attached hydrogens (tertiary/aromatic N) is 2. The summed E-state index contributed by atoms with van der Waals surface area (Å²) < 4.78 is 6.23. The normalized spacial score (nSPS) is 22.8. The second-order valence-electron chi connectivity index (χ2n) is 9.52. The minimum absolute atomic E-state index is 0.139. The molecule has 2 saturated heterocycles. The van der Waals surface area contributed by atoms with E-state index >= 15 is 0 Å². The highest BCUT2D eigenvalue weighted by Gasteiger charge is 2.54. The van der Waals surface area contributed by atoms with Crippen LogP contribution in [0, 0.1) is 12.8 Å². The van der Waals surface area contributed by atoms with Crippen LogP contribution in [0.15, 0.2) is 24.3 Å². The van der Waals surface area contributed by atoms with E-state index in [1.165, 1.54) is 0 Å². The molecule has 1 saturated carbocycles. The lowest BCUT2D eigenvalue weighted by atomic mass is 9.95. The van der Waals surface area contributed by atoms with Crippen molar-refractivity contribution in [2.45, 2.75) is 70.7 Å². The molecule has 1 N–H and O–H groups in total. The second-order valence-corrected chi connectivity index (χ2v) is 9.52. The first kappa shape index (κ1) is 21.8. The average Bonchev–Trinajstić information content (AvgIpc) is 3.47. The van der Waals surface area contributed by atoms with Gasteiger partial charge in [0, 0.05) is 44.0 Å². The summed E-state index contributed by atoms with van der Waals surface area (Å²) in [6, 6.07) is 7.03. The third-order valence-electron chi connectivity index (χ3n) is 6.56. The van der Waals surface area contributed by atoms with E-state index in [2.05, 4.69) is 5.32 Å². The topological polar surface area (TPSA) is 79.0 Å². The molecule has 7 heteroatoms. The van der Waals surface area contributed by atoms with E-state index in [1.807, 2.05) is 43.9 Å². The fourth-order valence-electron chi connectivity index (χ4n) is 4.62. The van der Waals surface area contributed by atoms with Crippen molar-refractivity contribution in [3.05, 3.63) is 35.4 Å². The Morgan fingerprint density at radius 2 is 1.84 bits per heavy atom. The van der Waals surface area contributed by atoms with Crippen LogP contribution >= 0.6 is 0 Å². The Bertz CT molecular complexity index is 856. The van der Waals surface area contributed by atoms with Gasteiger partial charge >= 0.3 is 0 Å². The van der Waals surface area contributed by atoms with Crippen LogP contribution in [0.5, 0.6) is 0 Å². The van der Waals surface area contributed by atoms with E-state index in [9.17, 15) is 14.4 Å². The molecule has 7 nitrogen and oxygen atoms in total. The lowest BCUT2D eigenvalue weighted by Crippen LogP contribution is -2.60. The molecule has 1 spiro atoms. The van der Waals surface area contributed by atoms with Crippen LogP contribution in [-0.2, 0) is 14.3 Å². The van der Waals surface area contributed by atoms with E-state index in [1.54, 1.807) is 11.0 Å². The number of amides is 3. The minimum Gasteiger partial charge on any atom is -0.353 e. The van der Waals surface area contributed by atoms with Gasteiger partial charge in [-0.25, -0.2) is 0 Å².